The number of hydrogen-bond acceptors (Lipinski definition) is 2. The van der Waals surface area contributed by atoms with Crippen molar-refractivity contribution >= 4 is 11.7 Å². The van der Waals surface area contributed by atoms with Crippen LogP contribution < -0.4 is 5.32 Å². The van der Waals surface area contributed by atoms with Gasteiger partial charge in [0.1, 0.15) is 0 Å². The fraction of sp³-hybridized carbons (Fsp3) is 0.385. The van der Waals surface area contributed by atoms with Gasteiger partial charge in [0.25, 0.3) is 0 Å². The molecular weight excluding hydrogens is 202 g/mol. The number of hydrogen-bond donors (Lipinski definition) is 1. The van der Waals surface area contributed by atoms with Crippen LogP contribution in [0.4, 0.5) is 0 Å². The number of amides is 1. The van der Waals surface area contributed by atoms with Gasteiger partial charge < -0.3 is 5.32 Å². The second kappa shape index (κ2) is 4.08. The van der Waals surface area contributed by atoms with Crippen LogP contribution in [0, 0.1) is 12.8 Å². The molecule has 0 fully saturated rings. The Labute approximate surface area is 94.9 Å². The van der Waals surface area contributed by atoms with E-state index in [-0.39, 0.29) is 17.6 Å². The molecule has 0 aromatic heterocycles. The minimum atomic E-state index is -0.201. The van der Waals surface area contributed by atoms with Crippen molar-refractivity contribution in [2.75, 3.05) is 7.05 Å². The van der Waals surface area contributed by atoms with E-state index >= 15 is 0 Å². The number of Topliss-reactive ketones (excluding diaryl/α,β-unsaturated/α-hetero) is 1. The average Bonchev–Trinajstić information content (AvgIpc) is 2.28. The standard InChI is InChI=1S/C13H15NO2/c1-8-3-4-9-6-10(13(16)14-2)7-12(15)11(9)5-8/h3-5,10H,6-7H2,1-2H3,(H,14,16). The monoisotopic (exact) mass is 217 g/mol. The van der Waals surface area contributed by atoms with E-state index in [9.17, 15) is 9.59 Å². The van der Waals surface area contributed by atoms with Gasteiger partial charge in [-0.25, -0.2) is 0 Å². The fourth-order valence-corrected chi connectivity index (χ4v) is 2.19. The lowest BCUT2D eigenvalue weighted by Crippen LogP contribution is -2.33. The minimum Gasteiger partial charge on any atom is -0.359 e. The zero-order valence-electron chi connectivity index (χ0n) is 9.54. The number of benzene rings is 1. The summed E-state index contributed by atoms with van der Waals surface area (Å²) in [4.78, 5) is 23.4. The molecule has 1 amide bonds. The maximum Gasteiger partial charge on any atom is 0.223 e. The van der Waals surface area contributed by atoms with E-state index in [1.807, 2.05) is 25.1 Å². The second-order valence-corrected chi connectivity index (χ2v) is 4.30. The topological polar surface area (TPSA) is 46.2 Å². The van der Waals surface area contributed by atoms with Crippen LogP contribution in [0.15, 0.2) is 18.2 Å². The van der Waals surface area contributed by atoms with Crippen LogP contribution in [0.1, 0.15) is 27.9 Å². The minimum absolute atomic E-state index is 0.0421. The van der Waals surface area contributed by atoms with Crippen molar-refractivity contribution in [3.8, 4) is 0 Å². The molecule has 0 spiro atoms. The zero-order chi connectivity index (χ0) is 11.7. The number of carbonyl (C=O) groups excluding carboxylic acids is 2. The summed E-state index contributed by atoms with van der Waals surface area (Å²) in [6.45, 7) is 1.97. The lowest BCUT2D eigenvalue weighted by Gasteiger charge is -2.22. The smallest absolute Gasteiger partial charge is 0.223 e. The number of fused-ring (bicyclic) bond motifs is 1. The molecule has 3 heteroatoms. The Kier molecular flexibility index (Phi) is 2.77. The Balaban J connectivity index is 2.33. The van der Waals surface area contributed by atoms with Gasteiger partial charge in [-0.2, -0.15) is 0 Å². The van der Waals surface area contributed by atoms with E-state index in [0.29, 0.717) is 12.8 Å². The third-order valence-electron chi connectivity index (χ3n) is 3.08. The third kappa shape index (κ3) is 1.85. The highest BCUT2D eigenvalue weighted by Gasteiger charge is 2.29. The zero-order valence-corrected chi connectivity index (χ0v) is 9.54. The van der Waals surface area contributed by atoms with Crippen molar-refractivity contribution in [1.82, 2.24) is 5.32 Å². The summed E-state index contributed by atoms with van der Waals surface area (Å²) in [6, 6.07) is 5.85. The van der Waals surface area contributed by atoms with Crippen molar-refractivity contribution in [2.24, 2.45) is 5.92 Å². The van der Waals surface area contributed by atoms with Gasteiger partial charge in [-0.15, -0.1) is 0 Å². The van der Waals surface area contributed by atoms with Gasteiger partial charge in [0.15, 0.2) is 5.78 Å². The van der Waals surface area contributed by atoms with Crippen molar-refractivity contribution in [3.63, 3.8) is 0 Å². The van der Waals surface area contributed by atoms with E-state index < -0.39 is 0 Å². The molecule has 0 aliphatic heterocycles. The molecule has 3 nitrogen and oxygen atoms in total. The first-order valence-electron chi connectivity index (χ1n) is 5.46. The summed E-state index contributed by atoms with van der Waals surface area (Å²) in [5, 5.41) is 2.61. The molecule has 0 heterocycles. The normalized spacial score (nSPS) is 19.1. The van der Waals surface area contributed by atoms with Crippen LogP contribution in [0.25, 0.3) is 0 Å². The fourth-order valence-electron chi connectivity index (χ4n) is 2.19. The van der Waals surface area contributed by atoms with Crippen LogP contribution in [-0.2, 0) is 11.2 Å². The molecule has 0 bridgehead atoms. The van der Waals surface area contributed by atoms with Crippen LogP contribution in [0.3, 0.4) is 0 Å². The third-order valence-corrected chi connectivity index (χ3v) is 3.08. The van der Waals surface area contributed by atoms with Gasteiger partial charge in [0.2, 0.25) is 5.91 Å². The Hall–Kier alpha value is -1.64. The van der Waals surface area contributed by atoms with Crippen LogP contribution in [0.5, 0.6) is 0 Å². The lowest BCUT2D eigenvalue weighted by atomic mass is 9.82. The SMILES string of the molecule is CNC(=O)C1CC(=O)c2cc(C)ccc2C1. The Bertz CT molecular complexity index is 451. The number of ketones is 1. The first kappa shape index (κ1) is 10.9. The van der Waals surface area contributed by atoms with Gasteiger partial charge in [0, 0.05) is 24.9 Å². The molecule has 1 aliphatic carbocycles. The Morgan fingerprint density at radius 1 is 1.38 bits per heavy atom. The van der Waals surface area contributed by atoms with Crippen LogP contribution >= 0.6 is 0 Å². The van der Waals surface area contributed by atoms with E-state index in [1.165, 1.54) is 0 Å². The predicted molar refractivity (Wildman–Crippen MR) is 61.4 cm³/mol. The first-order valence-corrected chi connectivity index (χ1v) is 5.46. The molecule has 1 aromatic carbocycles. The first-order chi connectivity index (χ1) is 7.61. The van der Waals surface area contributed by atoms with Crippen molar-refractivity contribution < 1.29 is 9.59 Å². The Morgan fingerprint density at radius 2 is 2.12 bits per heavy atom. The summed E-state index contributed by atoms with van der Waals surface area (Å²) < 4.78 is 0. The molecule has 0 saturated carbocycles. The van der Waals surface area contributed by atoms with Crippen molar-refractivity contribution in [1.29, 1.82) is 0 Å². The summed E-state index contributed by atoms with van der Waals surface area (Å²) in [5.74, 6) is -0.161. The Morgan fingerprint density at radius 3 is 2.81 bits per heavy atom. The predicted octanol–water partition coefficient (Wildman–Crippen LogP) is 1.49. The van der Waals surface area contributed by atoms with Gasteiger partial charge in [-0.05, 0) is 25.0 Å². The highest BCUT2D eigenvalue weighted by atomic mass is 16.2. The summed E-state index contributed by atoms with van der Waals surface area (Å²) in [5.41, 5.74) is 2.88. The summed E-state index contributed by atoms with van der Waals surface area (Å²) >= 11 is 0. The van der Waals surface area contributed by atoms with Gasteiger partial charge in [-0.1, -0.05) is 17.7 Å². The molecule has 2 rings (SSSR count). The average molecular weight is 217 g/mol. The second-order valence-electron chi connectivity index (χ2n) is 4.30. The van der Waals surface area contributed by atoms with Gasteiger partial charge >= 0.3 is 0 Å². The molecular formula is C13H15NO2. The number of rotatable bonds is 1. The maximum atomic E-state index is 11.9. The van der Waals surface area contributed by atoms with Crippen LogP contribution in [0.2, 0.25) is 0 Å². The van der Waals surface area contributed by atoms with E-state index in [1.54, 1.807) is 7.05 Å². The van der Waals surface area contributed by atoms with Gasteiger partial charge in [-0.3, -0.25) is 9.59 Å². The van der Waals surface area contributed by atoms with Gasteiger partial charge in [0.05, 0.1) is 0 Å². The van der Waals surface area contributed by atoms with Crippen molar-refractivity contribution in [3.05, 3.63) is 34.9 Å². The van der Waals surface area contributed by atoms with Crippen molar-refractivity contribution in [2.45, 2.75) is 19.8 Å². The number of carbonyl (C=O) groups is 2. The van der Waals surface area contributed by atoms with E-state index in [2.05, 4.69) is 5.32 Å². The number of aryl methyl sites for hydroxylation is 1. The molecule has 1 atom stereocenters. The van der Waals surface area contributed by atoms with E-state index in [0.717, 1.165) is 16.7 Å². The molecule has 1 unspecified atom stereocenters. The molecule has 1 N–H and O–H groups in total. The molecule has 0 radical (unpaired) electrons. The quantitative estimate of drug-likeness (QED) is 0.774. The molecule has 1 aromatic rings. The van der Waals surface area contributed by atoms with Crippen LogP contribution in [-0.4, -0.2) is 18.7 Å². The molecule has 0 saturated heterocycles. The lowest BCUT2D eigenvalue weighted by molar-refractivity contribution is -0.124. The van der Waals surface area contributed by atoms with E-state index in [4.69, 9.17) is 0 Å². The summed E-state index contributed by atoms with van der Waals surface area (Å²) in [6.07, 6.45) is 0.997. The molecule has 84 valence electrons. The summed E-state index contributed by atoms with van der Waals surface area (Å²) in [7, 11) is 1.61. The largest absolute Gasteiger partial charge is 0.359 e. The maximum absolute atomic E-state index is 11.9. The molecule has 16 heavy (non-hydrogen) atoms. The number of nitrogens with one attached hydrogen (secondary N) is 1. The molecule has 1 aliphatic rings. The highest BCUT2D eigenvalue weighted by molar-refractivity contribution is 6.01. The highest BCUT2D eigenvalue weighted by Crippen LogP contribution is 2.26.